The van der Waals surface area contributed by atoms with E-state index in [2.05, 4.69) is 5.32 Å². The van der Waals surface area contributed by atoms with Crippen molar-refractivity contribution in [3.8, 4) is 5.69 Å². The molecular weight excluding hydrogens is 518 g/mol. The van der Waals surface area contributed by atoms with Gasteiger partial charge in [-0.3, -0.25) is 9.13 Å². The maximum absolute atomic E-state index is 14.2. The van der Waals surface area contributed by atoms with Gasteiger partial charge in [-0.05, 0) is 57.0 Å². The van der Waals surface area contributed by atoms with Gasteiger partial charge in [0.25, 0.3) is 0 Å². The van der Waals surface area contributed by atoms with Crippen LogP contribution >= 0.6 is 11.6 Å². The van der Waals surface area contributed by atoms with Crippen LogP contribution in [0.4, 0.5) is 13.6 Å². The molecule has 1 aliphatic heterocycles. The SMILES string of the molecule is CC1=C(C(=O)OC(C)C)C(c2cccc(Cl)c2)N(CCCn2ccn(-c3ccc(F)cc3F)c2=O)C(=O)N1. The lowest BCUT2D eigenvalue weighted by Crippen LogP contribution is -2.49. The van der Waals surface area contributed by atoms with Crippen molar-refractivity contribution in [2.24, 2.45) is 0 Å². The molecule has 38 heavy (non-hydrogen) atoms. The van der Waals surface area contributed by atoms with Gasteiger partial charge < -0.3 is 15.0 Å². The highest BCUT2D eigenvalue weighted by Crippen LogP contribution is 2.35. The lowest BCUT2D eigenvalue weighted by Gasteiger charge is -2.38. The zero-order valence-electron chi connectivity index (χ0n) is 21.1. The number of ether oxygens (including phenoxy) is 1. The molecule has 2 aromatic carbocycles. The number of allylic oxidation sites excluding steroid dienone is 1. The first-order valence-corrected chi connectivity index (χ1v) is 12.4. The topological polar surface area (TPSA) is 85.6 Å². The number of hydrogen-bond donors (Lipinski definition) is 1. The predicted molar refractivity (Wildman–Crippen MR) is 138 cm³/mol. The summed E-state index contributed by atoms with van der Waals surface area (Å²) in [7, 11) is 0. The summed E-state index contributed by atoms with van der Waals surface area (Å²) in [5, 5.41) is 3.18. The summed E-state index contributed by atoms with van der Waals surface area (Å²) in [6.07, 6.45) is 2.86. The molecule has 0 saturated carbocycles. The van der Waals surface area contributed by atoms with Gasteiger partial charge in [0.15, 0.2) is 0 Å². The molecule has 2 heterocycles. The number of urea groups is 1. The number of nitrogens with one attached hydrogen (secondary N) is 1. The molecule has 0 bridgehead atoms. The fourth-order valence-corrected chi connectivity index (χ4v) is 4.63. The molecule has 8 nitrogen and oxygen atoms in total. The number of rotatable bonds is 8. The van der Waals surface area contributed by atoms with Crippen LogP contribution in [-0.4, -0.2) is 38.7 Å². The van der Waals surface area contributed by atoms with E-state index < -0.39 is 35.4 Å². The van der Waals surface area contributed by atoms with Gasteiger partial charge >= 0.3 is 17.7 Å². The Hall–Kier alpha value is -3.92. The van der Waals surface area contributed by atoms with E-state index in [4.69, 9.17) is 16.3 Å². The second-order valence-corrected chi connectivity index (χ2v) is 9.60. The maximum atomic E-state index is 14.2. The van der Waals surface area contributed by atoms with Crippen molar-refractivity contribution in [3.63, 3.8) is 0 Å². The van der Waals surface area contributed by atoms with E-state index in [1.165, 1.54) is 27.9 Å². The Kier molecular flexibility index (Phi) is 8.01. The highest BCUT2D eigenvalue weighted by atomic mass is 35.5. The fraction of sp³-hybridized carbons (Fsp3) is 0.296. The third-order valence-corrected chi connectivity index (χ3v) is 6.32. The van der Waals surface area contributed by atoms with E-state index in [-0.39, 0.29) is 30.5 Å². The van der Waals surface area contributed by atoms with Gasteiger partial charge in [-0.1, -0.05) is 23.7 Å². The number of aryl methyl sites for hydroxylation is 1. The van der Waals surface area contributed by atoms with Crippen molar-refractivity contribution in [3.05, 3.63) is 98.8 Å². The van der Waals surface area contributed by atoms with Gasteiger partial charge in [-0.15, -0.1) is 0 Å². The molecule has 3 aromatic rings. The first-order chi connectivity index (χ1) is 18.1. The molecule has 0 radical (unpaired) electrons. The number of benzene rings is 2. The largest absolute Gasteiger partial charge is 0.459 e. The predicted octanol–water partition coefficient (Wildman–Crippen LogP) is 4.95. The van der Waals surface area contributed by atoms with Crippen LogP contribution in [0.2, 0.25) is 5.02 Å². The van der Waals surface area contributed by atoms with Crippen LogP contribution in [0.25, 0.3) is 5.69 Å². The van der Waals surface area contributed by atoms with Crippen LogP contribution < -0.4 is 11.0 Å². The Morgan fingerprint density at radius 1 is 1.11 bits per heavy atom. The third kappa shape index (κ3) is 5.65. The third-order valence-electron chi connectivity index (χ3n) is 6.09. The van der Waals surface area contributed by atoms with Crippen molar-refractivity contribution < 1.29 is 23.1 Å². The normalized spacial score (nSPS) is 15.7. The highest BCUT2D eigenvalue weighted by Gasteiger charge is 2.38. The minimum absolute atomic E-state index is 0.0690. The number of halogens is 3. The Morgan fingerprint density at radius 3 is 2.55 bits per heavy atom. The summed E-state index contributed by atoms with van der Waals surface area (Å²) in [5.41, 5.74) is 0.729. The summed E-state index contributed by atoms with van der Waals surface area (Å²) in [4.78, 5) is 40.5. The molecule has 0 aliphatic carbocycles. The number of amides is 2. The monoisotopic (exact) mass is 544 g/mol. The van der Waals surface area contributed by atoms with Crippen LogP contribution in [-0.2, 0) is 16.1 Å². The Morgan fingerprint density at radius 2 is 1.87 bits per heavy atom. The minimum Gasteiger partial charge on any atom is -0.459 e. The molecule has 11 heteroatoms. The van der Waals surface area contributed by atoms with Crippen LogP contribution in [0.3, 0.4) is 0 Å². The summed E-state index contributed by atoms with van der Waals surface area (Å²) in [5.74, 6) is -2.15. The molecule has 200 valence electrons. The van der Waals surface area contributed by atoms with Crippen LogP contribution in [0.15, 0.2) is 70.9 Å². The average Bonchev–Trinajstić information content (AvgIpc) is 3.19. The molecule has 1 atom stereocenters. The Bertz CT molecular complexity index is 1460. The molecular formula is C27H27ClF2N4O4. The summed E-state index contributed by atoms with van der Waals surface area (Å²) >= 11 is 6.23. The summed E-state index contributed by atoms with van der Waals surface area (Å²) in [6, 6.07) is 8.70. The van der Waals surface area contributed by atoms with Gasteiger partial charge in [0.05, 0.1) is 23.4 Å². The van der Waals surface area contributed by atoms with Gasteiger partial charge in [0, 0.05) is 42.3 Å². The smallest absolute Gasteiger partial charge is 0.338 e. The van der Waals surface area contributed by atoms with E-state index in [0.29, 0.717) is 28.8 Å². The summed E-state index contributed by atoms with van der Waals surface area (Å²) in [6.45, 7) is 5.50. The second kappa shape index (κ2) is 11.2. The zero-order chi connectivity index (χ0) is 27.6. The lowest BCUT2D eigenvalue weighted by molar-refractivity contribution is -0.143. The molecule has 2 amide bonds. The number of nitrogens with zero attached hydrogens (tertiary/aromatic N) is 3. The number of imidazole rings is 1. The maximum Gasteiger partial charge on any atom is 0.338 e. The van der Waals surface area contributed by atoms with Crippen molar-refractivity contribution in [2.75, 3.05) is 6.54 Å². The Labute approximate surface area is 223 Å². The molecule has 1 aromatic heterocycles. The lowest BCUT2D eigenvalue weighted by atomic mass is 9.93. The quantitative estimate of drug-likeness (QED) is 0.407. The first kappa shape index (κ1) is 27.1. The molecule has 4 rings (SSSR count). The van der Waals surface area contributed by atoms with Crippen molar-refractivity contribution in [1.29, 1.82) is 0 Å². The fourth-order valence-electron chi connectivity index (χ4n) is 4.43. The molecule has 1 unspecified atom stereocenters. The number of hydrogen-bond acceptors (Lipinski definition) is 4. The zero-order valence-corrected chi connectivity index (χ0v) is 21.8. The van der Waals surface area contributed by atoms with Crippen LogP contribution in [0.5, 0.6) is 0 Å². The van der Waals surface area contributed by atoms with Crippen molar-refractivity contribution >= 4 is 23.6 Å². The van der Waals surface area contributed by atoms with Gasteiger partial charge in [0.1, 0.15) is 11.6 Å². The van der Waals surface area contributed by atoms with Gasteiger partial charge in [-0.2, -0.15) is 0 Å². The number of esters is 1. The molecule has 0 spiro atoms. The number of carbonyl (C=O) groups is 2. The van der Waals surface area contributed by atoms with E-state index in [0.717, 1.165) is 10.6 Å². The van der Waals surface area contributed by atoms with Crippen molar-refractivity contribution in [1.82, 2.24) is 19.4 Å². The first-order valence-electron chi connectivity index (χ1n) is 12.0. The van der Waals surface area contributed by atoms with Gasteiger partial charge in [0.2, 0.25) is 0 Å². The molecule has 1 aliphatic rings. The van der Waals surface area contributed by atoms with Crippen LogP contribution in [0.1, 0.15) is 38.8 Å². The van der Waals surface area contributed by atoms with Gasteiger partial charge in [-0.25, -0.2) is 23.2 Å². The molecule has 1 N–H and O–H groups in total. The van der Waals surface area contributed by atoms with Crippen LogP contribution in [0, 0.1) is 11.6 Å². The van der Waals surface area contributed by atoms with E-state index >= 15 is 0 Å². The van der Waals surface area contributed by atoms with Crippen molar-refractivity contribution in [2.45, 2.75) is 45.9 Å². The highest BCUT2D eigenvalue weighted by molar-refractivity contribution is 6.30. The number of carbonyl (C=O) groups excluding carboxylic acids is 2. The van der Waals surface area contributed by atoms with E-state index in [9.17, 15) is 23.2 Å². The summed E-state index contributed by atoms with van der Waals surface area (Å²) < 4.78 is 35.4. The van der Waals surface area contributed by atoms with E-state index in [1.54, 1.807) is 45.0 Å². The standard InChI is InChI=1S/C27H27ClF2N4O4/c1-16(2)38-25(35)23-17(3)31-26(36)34(24(23)18-6-4-7-19(28)14-18)11-5-10-32-12-13-33(27(32)37)22-9-8-20(29)15-21(22)30/h4,6-9,12-16,24H,5,10-11H2,1-3H3,(H,31,36). The molecule has 0 saturated heterocycles. The van der Waals surface area contributed by atoms with E-state index in [1.807, 2.05) is 0 Å². The average molecular weight is 545 g/mol. The second-order valence-electron chi connectivity index (χ2n) is 9.17. The Balaban J connectivity index is 1.59. The minimum atomic E-state index is -0.859. The molecule has 0 fully saturated rings. The number of aromatic nitrogens is 2.